The molecule has 0 radical (unpaired) electrons. The third kappa shape index (κ3) is 6.04. The van der Waals surface area contributed by atoms with E-state index in [9.17, 15) is 4.79 Å². The molecule has 0 aromatic heterocycles. The Kier molecular flexibility index (Phi) is 5.63. The van der Waals surface area contributed by atoms with Gasteiger partial charge in [0.15, 0.2) is 0 Å². The highest BCUT2D eigenvalue weighted by molar-refractivity contribution is 9.09. The van der Waals surface area contributed by atoms with Gasteiger partial charge in [0.2, 0.25) is 5.91 Å². The van der Waals surface area contributed by atoms with Crippen molar-refractivity contribution in [2.75, 3.05) is 20.3 Å². The first-order chi connectivity index (χ1) is 4.66. The third-order valence-corrected chi connectivity index (χ3v) is 1.51. The molecule has 4 heteroatoms. The summed E-state index contributed by atoms with van der Waals surface area (Å²) in [6, 6.07) is 0. The van der Waals surface area contributed by atoms with Crippen LogP contribution < -0.4 is 5.32 Å². The van der Waals surface area contributed by atoms with Gasteiger partial charge in [0, 0.05) is 20.6 Å². The normalized spacial score (nSPS) is 12.7. The Morgan fingerprint density at radius 2 is 2.40 bits per heavy atom. The molecule has 0 spiro atoms. The predicted octanol–water partition coefficient (Wildman–Crippen LogP) is 0.532. The van der Waals surface area contributed by atoms with Gasteiger partial charge in [-0.1, -0.05) is 15.9 Å². The van der Waals surface area contributed by atoms with Crippen LogP contribution in [0.25, 0.3) is 0 Å². The average Bonchev–Trinajstić information content (AvgIpc) is 1.85. The van der Waals surface area contributed by atoms with Crippen molar-refractivity contribution >= 4 is 21.8 Å². The van der Waals surface area contributed by atoms with E-state index in [-0.39, 0.29) is 10.7 Å². The largest absolute Gasteiger partial charge is 0.383 e. The smallest absolute Gasteiger partial charge is 0.216 e. The Labute approximate surface area is 69.3 Å². The van der Waals surface area contributed by atoms with Crippen LogP contribution in [0.3, 0.4) is 0 Å². The Balaban J connectivity index is 3.21. The predicted molar refractivity (Wildman–Crippen MR) is 43.3 cm³/mol. The van der Waals surface area contributed by atoms with Crippen LogP contribution in [0.15, 0.2) is 0 Å². The molecule has 0 heterocycles. The second-order valence-corrected chi connectivity index (χ2v) is 3.28. The summed E-state index contributed by atoms with van der Waals surface area (Å²) in [5.41, 5.74) is 0. The number of carbonyl (C=O) groups is 1. The van der Waals surface area contributed by atoms with E-state index in [4.69, 9.17) is 4.74 Å². The van der Waals surface area contributed by atoms with E-state index in [1.807, 2.05) is 0 Å². The molecule has 1 N–H and O–H groups in total. The van der Waals surface area contributed by atoms with Crippen LogP contribution in [-0.2, 0) is 9.53 Å². The lowest BCUT2D eigenvalue weighted by Crippen LogP contribution is -2.29. The van der Waals surface area contributed by atoms with Crippen LogP contribution in [0.2, 0.25) is 0 Å². The number of ether oxygens (including phenoxy) is 1. The van der Waals surface area contributed by atoms with Gasteiger partial charge in [-0.15, -0.1) is 0 Å². The van der Waals surface area contributed by atoms with E-state index in [0.717, 1.165) is 0 Å². The minimum Gasteiger partial charge on any atom is -0.383 e. The quantitative estimate of drug-likeness (QED) is 0.687. The summed E-state index contributed by atoms with van der Waals surface area (Å²) in [5.74, 6) is -0.0134. The molecule has 0 aliphatic heterocycles. The molecule has 1 unspecified atom stereocenters. The topological polar surface area (TPSA) is 38.3 Å². The number of hydrogen-bond donors (Lipinski definition) is 1. The number of methoxy groups -OCH3 is 1. The first kappa shape index (κ1) is 9.91. The van der Waals surface area contributed by atoms with E-state index in [2.05, 4.69) is 21.2 Å². The molecule has 0 bridgehead atoms. The van der Waals surface area contributed by atoms with Gasteiger partial charge in [-0.2, -0.15) is 0 Å². The number of carbonyl (C=O) groups excluding carboxylic acids is 1. The summed E-state index contributed by atoms with van der Waals surface area (Å²) in [6.07, 6.45) is 0. The van der Waals surface area contributed by atoms with E-state index < -0.39 is 0 Å². The summed E-state index contributed by atoms with van der Waals surface area (Å²) < 4.78 is 4.84. The zero-order valence-corrected chi connectivity index (χ0v) is 7.77. The molecule has 1 amide bonds. The summed E-state index contributed by atoms with van der Waals surface area (Å²) in [6.45, 7) is 2.72. The summed E-state index contributed by atoms with van der Waals surface area (Å²) in [7, 11) is 1.63. The fraction of sp³-hybridized carbons (Fsp3) is 0.833. The number of hydrogen-bond acceptors (Lipinski definition) is 2. The lowest BCUT2D eigenvalue weighted by molar-refractivity contribution is -0.118. The van der Waals surface area contributed by atoms with E-state index in [0.29, 0.717) is 13.2 Å². The first-order valence-corrected chi connectivity index (χ1v) is 3.95. The summed E-state index contributed by atoms with van der Waals surface area (Å²) in [5, 5.41) is 2.66. The van der Waals surface area contributed by atoms with Crippen molar-refractivity contribution in [3.63, 3.8) is 0 Å². The Morgan fingerprint density at radius 1 is 1.80 bits per heavy atom. The molecular formula is C6H12BrNO2. The lowest BCUT2D eigenvalue weighted by Gasteiger charge is -2.07. The number of alkyl halides is 1. The van der Waals surface area contributed by atoms with Crippen LogP contribution in [0.1, 0.15) is 6.92 Å². The highest BCUT2D eigenvalue weighted by Crippen LogP contribution is 1.96. The maximum atomic E-state index is 10.4. The summed E-state index contributed by atoms with van der Waals surface area (Å²) in [4.78, 5) is 10.6. The van der Waals surface area contributed by atoms with Crippen molar-refractivity contribution < 1.29 is 9.53 Å². The van der Waals surface area contributed by atoms with E-state index in [1.54, 1.807) is 7.11 Å². The van der Waals surface area contributed by atoms with E-state index >= 15 is 0 Å². The molecule has 60 valence electrons. The van der Waals surface area contributed by atoms with Gasteiger partial charge in [0.1, 0.15) is 0 Å². The Morgan fingerprint density at radius 3 is 2.80 bits per heavy atom. The highest BCUT2D eigenvalue weighted by Gasteiger charge is 2.02. The zero-order valence-electron chi connectivity index (χ0n) is 6.19. The Hall–Kier alpha value is -0.0900. The third-order valence-electron chi connectivity index (χ3n) is 0.920. The van der Waals surface area contributed by atoms with Gasteiger partial charge in [-0.05, 0) is 0 Å². The number of nitrogens with one attached hydrogen (secondary N) is 1. The SMILES string of the molecule is COCC(Br)CNC(C)=O. The lowest BCUT2D eigenvalue weighted by atomic mass is 10.4. The second kappa shape index (κ2) is 5.68. The van der Waals surface area contributed by atoms with Crippen LogP contribution in [-0.4, -0.2) is 31.0 Å². The highest BCUT2D eigenvalue weighted by atomic mass is 79.9. The van der Waals surface area contributed by atoms with Crippen molar-refractivity contribution in [1.82, 2.24) is 5.32 Å². The van der Waals surface area contributed by atoms with Gasteiger partial charge >= 0.3 is 0 Å². The molecule has 0 saturated heterocycles. The molecular weight excluding hydrogens is 198 g/mol. The molecule has 1 atom stereocenters. The maximum absolute atomic E-state index is 10.4. The average molecular weight is 210 g/mol. The van der Waals surface area contributed by atoms with Crippen molar-refractivity contribution in [2.45, 2.75) is 11.8 Å². The van der Waals surface area contributed by atoms with Gasteiger partial charge in [0.05, 0.1) is 11.4 Å². The fourth-order valence-corrected chi connectivity index (χ4v) is 0.920. The molecule has 0 aliphatic rings. The standard InChI is InChI=1S/C6H12BrNO2/c1-5(9)8-3-6(7)4-10-2/h6H,3-4H2,1-2H3,(H,8,9). The number of amides is 1. The molecule has 0 rings (SSSR count). The van der Waals surface area contributed by atoms with Gasteiger partial charge in [-0.3, -0.25) is 4.79 Å². The van der Waals surface area contributed by atoms with Gasteiger partial charge in [0.25, 0.3) is 0 Å². The van der Waals surface area contributed by atoms with Crippen LogP contribution >= 0.6 is 15.9 Å². The molecule has 0 aliphatic carbocycles. The number of rotatable bonds is 4. The van der Waals surface area contributed by atoms with Crippen molar-refractivity contribution in [3.05, 3.63) is 0 Å². The zero-order chi connectivity index (χ0) is 7.98. The summed E-state index contributed by atoms with van der Waals surface area (Å²) >= 11 is 3.33. The van der Waals surface area contributed by atoms with Crippen molar-refractivity contribution in [3.8, 4) is 0 Å². The molecule has 0 fully saturated rings. The van der Waals surface area contributed by atoms with Gasteiger partial charge in [-0.25, -0.2) is 0 Å². The first-order valence-electron chi connectivity index (χ1n) is 3.04. The fourth-order valence-electron chi connectivity index (χ4n) is 0.494. The molecule has 3 nitrogen and oxygen atoms in total. The van der Waals surface area contributed by atoms with Crippen molar-refractivity contribution in [1.29, 1.82) is 0 Å². The number of halogens is 1. The maximum Gasteiger partial charge on any atom is 0.216 e. The van der Waals surface area contributed by atoms with Crippen LogP contribution in [0, 0.1) is 0 Å². The molecule has 0 saturated carbocycles. The Bertz CT molecular complexity index is 108. The van der Waals surface area contributed by atoms with Gasteiger partial charge < -0.3 is 10.1 Å². The molecule has 0 aromatic rings. The molecule has 0 aromatic carbocycles. The van der Waals surface area contributed by atoms with Crippen molar-refractivity contribution in [2.24, 2.45) is 0 Å². The minimum atomic E-state index is -0.0134. The minimum absolute atomic E-state index is 0.0134. The van der Waals surface area contributed by atoms with Crippen LogP contribution in [0.5, 0.6) is 0 Å². The van der Waals surface area contributed by atoms with Crippen LogP contribution in [0.4, 0.5) is 0 Å². The monoisotopic (exact) mass is 209 g/mol. The second-order valence-electron chi connectivity index (χ2n) is 1.99. The van der Waals surface area contributed by atoms with E-state index in [1.165, 1.54) is 6.92 Å². The molecule has 10 heavy (non-hydrogen) atoms.